The van der Waals surface area contributed by atoms with E-state index in [4.69, 9.17) is 4.74 Å². The molecule has 4 heteroatoms. The van der Waals surface area contributed by atoms with E-state index in [0.29, 0.717) is 12.0 Å². The van der Waals surface area contributed by atoms with Crippen molar-refractivity contribution in [2.24, 2.45) is 5.92 Å². The van der Waals surface area contributed by atoms with Gasteiger partial charge >= 0.3 is 0 Å². The summed E-state index contributed by atoms with van der Waals surface area (Å²) in [5, 5.41) is 16.3. The summed E-state index contributed by atoms with van der Waals surface area (Å²) in [5.74, 6) is 0.387. The first kappa shape index (κ1) is 10.4. The van der Waals surface area contributed by atoms with E-state index in [9.17, 15) is 5.11 Å². The first-order chi connectivity index (χ1) is 6.86. The molecule has 0 radical (unpaired) electrons. The van der Waals surface area contributed by atoms with Crippen LogP contribution in [0.2, 0.25) is 0 Å². The molecule has 2 aliphatic rings. The molecule has 0 aromatic heterocycles. The van der Waals surface area contributed by atoms with Crippen LogP contribution in [0.15, 0.2) is 0 Å². The van der Waals surface area contributed by atoms with Gasteiger partial charge < -0.3 is 20.5 Å². The van der Waals surface area contributed by atoms with Gasteiger partial charge in [-0.25, -0.2) is 0 Å². The van der Waals surface area contributed by atoms with E-state index in [-0.39, 0.29) is 6.10 Å². The molecule has 14 heavy (non-hydrogen) atoms. The summed E-state index contributed by atoms with van der Waals surface area (Å²) < 4.78 is 5.29. The number of rotatable bonds is 3. The van der Waals surface area contributed by atoms with Crippen molar-refractivity contribution in [1.29, 1.82) is 0 Å². The minimum Gasteiger partial charge on any atom is -0.391 e. The fraction of sp³-hybridized carbons (Fsp3) is 1.00. The molecule has 0 aromatic carbocycles. The van der Waals surface area contributed by atoms with Crippen molar-refractivity contribution in [1.82, 2.24) is 10.6 Å². The second-order valence-corrected chi connectivity index (χ2v) is 4.28. The fourth-order valence-corrected chi connectivity index (χ4v) is 2.15. The Morgan fingerprint density at radius 1 is 1.29 bits per heavy atom. The van der Waals surface area contributed by atoms with E-state index in [1.54, 1.807) is 0 Å². The molecule has 82 valence electrons. The lowest BCUT2D eigenvalue weighted by Gasteiger charge is -2.25. The van der Waals surface area contributed by atoms with Gasteiger partial charge in [0.2, 0.25) is 0 Å². The SMILES string of the molecule is OC1CNCC1CNC1CCOCC1. The summed E-state index contributed by atoms with van der Waals surface area (Å²) in [6.45, 7) is 4.38. The lowest BCUT2D eigenvalue weighted by atomic mass is 10.0. The number of ether oxygens (including phenoxy) is 1. The molecule has 2 unspecified atom stereocenters. The van der Waals surface area contributed by atoms with E-state index < -0.39 is 0 Å². The maximum atomic E-state index is 9.59. The predicted molar refractivity (Wildman–Crippen MR) is 54.2 cm³/mol. The van der Waals surface area contributed by atoms with Crippen molar-refractivity contribution in [3.05, 3.63) is 0 Å². The highest BCUT2D eigenvalue weighted by atomic mass is 16.5. The molecule has 3 N–H and O–H groups in total. The van der Waals surface area contributed by atoms with Crippen LogP contribution >= 0.6 is 0 Å². The van der Waals surface area contributed by atoms with Gasteiger partial charge in [0.05, 0.1) is 6.10 Å². The molecule has 2 heterocycles. The number of nitrogens with one attached hydrogen (secondary N) is 2. The molecule has 0 aliphatic carbocycles. The smallest absolute Gasteiger partial charge is 0.0716 e. The molecule has 4 nitrogen and oxygen atoms in total. The van der Waals surface area contributed by atoms with Crippen LogP contribution in [0.5, 0.6) is 0 Å². The van der Waals surface area contributed by atoms with Crippen molar-refractivity contribution >= 4 is 0 Å². The molecule has 2 fully saturated rings. The predicted octanol–water partition coefficient (Wildman–Crippen LogP) is -0.665. The van der Waals surface area contributed by atoms with Gasteiger partial charge in [-0.2, -0.15) is 0 Å². The van der Waals surface area contributed by atoms with E-state index in [1.807, 2.05) is 0 Å². The summed E-state index contributed by atoms with van der Waals surface area (Å²) in [4.78, 5) is 0. The summed E-state index contributed by atoms with van der Waals surface area (Å²) in [6, 6.07) is 0.594. The maximum Gasteiger partial charge on any atom is 0.0716 e. The topological polar surface area (TPSA) is 53.5 Å². The molecular formula is C10H20N2O2. The van der Waals surface area contributed by atoms with Crippen molar-refractivity contribution < 1.29 is 9.84 Å². The van der Waals surface area contributed by atoms with Crippen molar-refractivity contribution in [3.63, 3.8) is 0 Å². The second-order valence-electron chi connectivity index (χ2n) is 4.28. The maximum absolute atomic E-state index is 9.59. The number of β-amino-alcohol motifs (C(OH)–C–C–N with tert-alkyl or cyclic N) is 1. The highest BCUT2D eigenvalue weighted by Crippen LogP contribution is 2.10. The monoisotopic (exact) mass is 200 g/mol. The molecule has 2 aliphatic heterocycles. The van der Waals surface area contributed by atoms with E-state index in [0.717, 1.165) is 45.7 Å². The number of hydrogen-bond donors (Lipinski definition) is 3. The second kappa shape index (κ2) is 5.07. The van der Waals surface area contributed by atoms with Crippen LogP contribution in [0.3, 0.4) is 0 Å². The van der Waals surface area contributed by atoms with Gasteiger partial charge in [-0.05, 0) is 12.8 Å². The normalized spacial score (nSPS) is 34.9. The van der Waals surface area contributed by atoms with Gasteiger partial charge in [0, 0.05) is 44.8 Å². The Hall–Kier alpha value is -0.160. The van der Waals surface area contributed by atoms with Crippen LogP contribution in [-0.4, -0.2) is 50.1 Å². The van der Waals surface area contributed by atoms with Crippen molar-refractivity contribution in [2.75, 3.05) is 32.8 Å². The Labute approximate surface area is 85.0 Å². The van der Waals surface area contributed by atoms with Gasteiger partial charge in [0.15, 0.2) is 0 Å². The first-order valence-electron chi connectivity index (χ1n) is 5.56. The average molecular weight is 200 g/mol. The van der Waals surface area contributed by atoms with Crippen LogP contribution in [0.25, 0.3) is 0 Å². The Morgan fingerprint density at radius 3 is 2.71 bits per heavy atom. The quantitative estimate of drug-likeness (QED) is 0.566. The molecular weight excluding hydrogens is 180 g/mol. The number of aliphatic hydroxyl groups is 1. The van der Waals surface area contributed by atoms with Gasteiger partial charge in [-0.15, -0.1) is 0 Å². The van der Waals surface area contributed by atoms with Crippen LogP contribution < -0.4 is 10.6 Å². The number of aliphatic hydroxyl groups excluding tert-OH is 1. The minimum absolute atomic E-state index is 0.164. The van der Waals surface area contributed by atoms with E-state index in [1.165, 1.54) is 0 Å². The minimum atomic E-state index is -0.164. The van der Waals surface area contributed by atoms with Crippen molar-refractivity contribution in [3.8, 4) is 0 Å². The Kier molecular flexibility index (Phi) is 3.75. The van der Waals surface area contributed by atoms with E-state index in [2.05, 4.69) is 10.6 Å². The molecule has 2 atom stereocenters. The van der Waals surface area contributed by atoms with Gasteiger partial charge in [0.25, 0.3) is 0 Å². The molecule has 0 aromatic rings. The van der Waals surface area contributed by atoms with Gasteiger partial charge in [-0.3, -0.25) is 0 Å². The van der Waals surface area contributed by atoms with Gasteiger partial charge in [0.1, 0.15) is 0 Å². The Morgan fingerprint density at radius 2 is 2.07 bits per heavy atom. The Balaban J connectivity index is 1.65. The zero-order valence-corrected chi connectivity index (χ0v) is 8.54. The molecule has 0 bridgehead atoms. The first-order valence-corrected chi connectivity index (χ1v) is 5.56. The number of hydrogen-bond acceptors (Lipinski definition) is 4. The zero-order valence-electron chi connectivity index (χ0n) is 8.54. The van der Waals surface area contributed by atoms with Crippen LogP contribution in [-0.2, 0) is 4.74 Å². The molecule has 2 rings (SSSR count). The standard InChI is InChI=1S/C10H20N2O2/c13-10-7-11-5-8(10)6-12-9-1-3-14-4-2-9/h8-13H,1-7H2. The average Bonchev–Trinajstić information content (AvgIpc) is 2.63. The summed E-state index contributed by atoms with van der Waals surface area (Å²) in [5.41, 5.74) is 0. The Bertz CT molecular complexity index is 172. The molecule has 0 amide bonds. The summed E-state index contributed by atoms with van der Waals surface area (Å²) in [7, 11) is 0. The lowest BCUT2D eigenvalue weighted by molar-refractivity contribution is 0.0740. The third kappa shape index (κ3) is 2.67. The third-order valence-electron chi connectivity index (χ3n) is 3.19. The van der Waals surface area contributed by atoms with Crippen LogP contribution in [0, 0.1) is 5.92 Å². The van der Waals surface area contributed by atoms with Gasteiger partial charge in [-0.1, -0.05) is 0 Å². The van der Waals surface area contributed by atoms with Crippen LogP contribution in [0.1, 0.15) is 12.8 Å². The van der Waals surface area contributed by atoms with Crippen LogP contribution in [0.4, 0.5) is 0 Å². The van der Waals surface area contributed by atoms with Crippen molar-refractivity contribution in [2.45, 2.75) is 25.0 Å². The highest BCUT2D eigenvalue weighted by molar-refractivity contribution is 4.83. The van der Waals surface area contributed by atoms with E-state index >= 15 is 0 Å². The summed E-state index contributed by atoms with van der Waals surface area (Å²) in [6.07, 6.45) is 2.05. The third-order valence-corrected chi connectivity index (χ3v) is 3.19. The molecule has 2 saturated heterocycles. The zero-order chi connectivity index (χ0) is 9.80. The molecule has 0 spiro atoms. The molecule has 0 saturated carbocycles. The fourth-order valence-electron chi connectivity index (χ4n) is 2.15. The summed E-state index contributed by atoms with van der Waals surface area (Å²) >= 11 is 0. The highest BCUT2D eigenvalue weighted by Gasteiger charge is 2.25. The largest absolute Gasteiger partial charge is 0.391 e. The lowest BCUT2D eigenvalue weighted by Crippen LogP contribution is -2.40.